The van der Waals surface area contributed by atoms with Crippen LogP contribution in [-0.4, -0.2) is 69.3 Å². The number of carbonyl (C=O) groups is 2. The molecular formula is C24H34N4O5S. The standard InChI is InChI=1S/C24H34N4O5S/c1-18(2)25-24(30)19(3)27(16-20-12-14-22(33-6)15-13-20)23(29)17-28(34(31,32)26(4)5)21-10-8-7-9-11-21/h7-15,18-19H,16-17H2,1-6H3,(H,25,30)/t19-/m0/s1. The van der Waals surface area contributed by atoms with Gasteiger partial charge in [0.1, 0.15) is 18.3 Å². The van der Waals surface area contributed by atoms with E-state index in [0.29, 0.717) is 11.4 Å². The van der Waals surface area contributed by atoms with Crippen molar-refractivity contribution in [3.8, 4) is 5.75 Å². The molecule has 34 heavy (non-hydrogen) atoms. The van der Waals surface area contributed by atoms with Crippen molar-refractivity contribution in [2.24, 2.45) is 0 Å². The van der Waals surface area contributed by atoms with Gasteiger partial charge in [-0.05, 0) is 50.6 Å². The first kappa shape index (κ1) is 27.1. The highest BCUT2D eigenvalue weighted by Crippen LogP contribution is 2.21. The number of benzene rings is 2. The van der Waals surface area contributed by atoms with Crippen LogP contribution in [0.2, 0.25) is 0 Å². The first-order valence-corrected chi connectivity index (χ1v) is 12.3. The molecule has 0 radical (unpaired) electrons. The van der Waals surface area contributed by atoms with Gasteiger partial charge in [-0.1, -0.05) is 30.3 Å². The monoisotopic (exact) mass is 490 g/mol. The van der Waals surface area contributed by atoms with Crippen molar-refractivity contribution in [2.75, 3.05) is 32.1 Å². The summed E-state index contributed by atoms with van der Waals surface area (Å²) >= 11 is 0. The number of methoxy groups -OCH3 is 1. The van der Waals surface area contributed by atoms with Gasteiger partial charge in [0.25, 0.3) is 0 Å². The van der Waals surface area contributed by atoms with Gasteiger partial charge in [-0.2, -0.15) is 12.7 Å². The van der Waals surface area contributed by atoms with Gasteiger partial charge in [-0.25, -0.2) is 4.31 Å². The van der Waals surface area contributed by atoms with Crippen LogP contribution in [0, 0.1) is 0 Å². The number of ether oxygens (including phenoxy) is 1. The summed E-state index contributed by atoms with van der Waals surface area (Å²) in [5.41, 5.74) is 1.13. The Kier molecular flexibility index (Phi) is 9.46. The number of nitrogens with zero attached hydrogens (tertiary/aromatic N) is 3. The van der Waals surface area contributed by atoms with Gasteiger partial charge in [0.05, 0.1) is 12.8 Å². The Bertz CT molecular complexity index is 1060. The maximum atomic E-state index is 13.6. The normalized spacial score (nSPS) is 12.4. The second-order valence-electron chi connectivity index (χ2n) is 8.34. The van der Waals surface area contributed by atoms with Crippen LogP contribution in [0.15, 0.2) is 54.6 Å². The number of para-hydroxylation sites is 1. The lowest BCUT2D eigenvalue weighted by Gasteiger charge is -2.33. The summed E-state index contributed by atoms with van der Waals surface area (Å²) in [7, 11) is 0.409. The van der Waals surface area contributed by atoms with Crippen LogP contribution in [-0.2, 0) is 26.3 Å². The predicted molar refractivity (Wildman–Crippen MR) is 133 cm³/mol. The Labute approximate surface area is 202 Å². The third-order valence-corrected chi connectivity index (χ3v) is 6.99. The molecule has 0 aliphatic heterocycles. The fourth-order valence-corrected chi connectivity index (χ4v) is 4.28. The lowest BCUT2D eigenvalue weighted by Crippen LogP contribution is -2.53. The number of nitrogens with one attached hydrogen (secondary N) is 1. The maximum Gasteiger partial charge on any atom is 0.304 e. The molecule has 0 unspecified atom stereocenters. The highest BCUT2D eigenvalue weighted by atomic mass is 32.2. The zero-order valence-corrected chi connectivity index (χ0v) is 21.4. The molecule has 1 atom stereocenters. The van der Waals surface area contributed by atoms with E-state index in [1.54, 1.807) is 68.6 Å². The Balaban J connectivity index is 2.41. The molecule has 0 aromatic heterocycles. The molecule has 2 rings (SSSR count). The van der Waals surface area contributed by atoms with Gasteiger partial charge in [-0.3, -0.25) is 9.59 Å². The number of hydrogen-bond acceptors (Lipinski definition) is 5. The Morgan fingerprint density at radius 3 is 2.06 bits per heavy atom. The molecule has 1 N–H and O–H groups in total. The van der Waals surface area contributed by atoms with Crippen LogP contribution in [0.5, 0.6) is 5.75 Å². The van der Waals surface area contributed by atoms with Crippen molar-refractivity contribution in [3.63, 3.8) is 0 Å². The average Bonchev–Trinajstić information content (AvgIpc) is 2.80. The lowest BCUT2D eigenvalue weighted by atomic mass is 10.1. The molecule has 2 amide bonds. The number of rotatable bonds is 11. The summed E-state index contributed by atoms with van der Waals surface area (Å²) in [5.74, 6) is -0.158. The SMILES string of the molecule is COc1ccc(CN(C(=O)CN(c2ccccc2)S(=O)(=O)N(C)C)[C@@H](C)C(=O)NC(C)C)cc1. The summed E-state index contributed by atoms with van der Waals surface area (Å²) in [5, 5.41) is 2.82. The van der Waals surface area contributed by atoms with Crippen LogP contribution in [0.4, 0.5) is 5.69 Å². The van der Waals surface area contributed by atoms with E-state index in [9.17, 15) is 18.0 Å². The van der Waals surface area contributed by atoms with Crippen LogP contribution < -0.4 is 14.4 Å². The topological polar surface area (TPSA) is 99.3 Å². The fourth-order valence-electron chi connectivity index (χ4n) is 3.23. The van der Waals surface area contributed by atoms with Crippen LogP contribution in [0.1, 0.15) is 26.3 Å². The molecule has 0 fully saturated rings. The molecule has 2 aromatic carbocycles. The zero-order chi connectivity index (χ0) is 25.5. The van der Waals surface area contributed by atoms with E-state index in [0.717, 1.165) is 14.2 Å². The quantitative estimate of drug-likeness (QED) is 0.521. The van der Waals surface area contributed by atoms with Crippen LogP contribution in [0.3, 0.4) is 0 Å². The molecule has 0 spiro atoms. The van der Waals surface area contributed by atoms with Gasteiger partial charge in [0, 0.05) is 26.7 Å². The molecule has 2 aromatic rings. The Hall–Kier alpha value is -3.11. The minimum atomic E-state index is -3.97. The Morgan fingerprint density at radius 2 is 1.56 bits per heavy atom. The largest absolute Gasteiger partial charge is 0.497 e. The smallest absolute Gasteiger partial charge is 0.304 e. The number of amides is 2. The molecular weight excluding hydrogens is 456 g/mol. The highest BCUT2D eigenvalue weighted by molar-refractivity contribution is 7.90. The molecule has 0 aliphatic carbocycles. The van der Waals surface area contributed by atoms with Crippen molar-refractivity contribution in [2.45, 2.75) is 39.4 Å². The minimum Gasteiger partial charge on any atom is -0.497 e. The van der Waals surface area contributed by atoms with Crippen LogP contribution in [0.25, 0.3) is 0 Å². The molecule has 0 saturated heterocycles. The molecule has 10 heteroatoms. The number of carbonyl (C=O) groups excluding carboxylic acids is 2. The minimum absolute atomic E-state index is 0.108. The van der Waals surface area contributed by atoms with Crippen molar-refractivity contribution in [1.29, 1.82) is 0 Å². The fraction of sp³-hybridized carbons (Fsp3) is 0.417. The third kappa shape index (κ3) is 6.94. The number of anilines is 1. The van der Waals surface area contributed by atoms with Crippen molar-refractivity contribution in [3.05, 3.63) is 60.2 Å². The predicted octanol–water partition coefficient (Wildman–Crippen LogP) is 2.25. The van der Waals surface area contributed by atoms with Gasteiger partial charge in [0.15, 0.2) is 0 Å². The van der Waals surface area contributed by atoms with E-state index in [1.165, 1.54) is 19.0 Å². The highest BCUT2D eigenvalue weighted by Gasteiger charge is 2.32. The Morgan fingerprint density at radius 1 is 0.971 bits per heavy atom. The first-order valence-electron chi connectivity index (χ1n) is 10.9. The van der Waals surface area contributed by atoms with Gasteiger partial charge in [0.2, 0.25) is 11.8 Å². The molecule has 186 valence electrons. The summed E-state index contributed by atoms with van der Waals surface area (Å²) in [6.45, 7) is 4.97. The van der Waals surface area contributed by atoms with E-state index in [2.05, 4.69) is 5.32 Å². The molecule has 0 saturated carbocycles. The van der Waals surface area contributed by atoms with Gasteiger partial charge >= 0.3 is 10.2 Å². The van der Waals surface area contributed by atoms with E-state index in [1.807, 2.05) is 13.8 Å². The molecule has 0 aliphatic rings. The van der Waals surface area contributed by atoms with Crippen LogP contribution >= 0.6 is 0 Å². The summed E-state index contributed by atoms with van der Waals surface area (Å²) in [4.78, 5) is 27.7. The average molecular weight is 491 g/mol. The summed E-state index contributed by atoms with van der Waals surface area (Å²) < 4.78 is 33.4. The second-order valence-corrected chi connectivity index (χ2v) is 10.4. The van der Waals surface area contributed by atoms with Crippen molar-refractivity contribution < 1.29 is 22.7 Å². The van der Waals surface area contributed by atoms with E-state index < -0.39 is 28.7 Å². The summed E-state index contributed by atoms with van der Waals surface area (Å²) in [6.07, 6.45) is 0. The maximum absolute atomic E-state index is 13.6. The lowest BCUT2D eigenvalue weighted by molar-refractivity contribution is -0.139. The molecule has 0 bridgehead atoms. The first-order chi connectivity index (χ1) is 16.0. The van der Waals surface area contributed by atoms with Crippen molar-refractivity contribution >= 4 is 27.7 Å². The molecule has 9 nitrogen and oxygen atoms in total. The summed E-state index contributed by atoms with van der Waals surface area (Å²) in [6, 6.07) is 14.6. The van der Waals surface area contributed by atoms with Gasteiger partial charge in [-0.15, -0.1) is 0 Å². The third-order valence-electron chi connectivity index (χ3n) is 5.17. The zero-order valence-electron chi connectivity index (χ0n) is 20.6. The second kappa shape index (κ2) is 11.8. The van der Waals surface area contributed by atoms with E-state index >= 15 is 0 Å². The number of hydrogen-bond donors (Lipinski definition) is 1. The van der Waals surface area contributed by atoms with Gasteiger partial charge < -0.3 is 15.0 Å². The van der Waals surface area contributed by atoms with Crippen molar-refractivity contribution in [1.82, 2.24) is 14.5 Å². The van der Waals surface area contributed by atoms with E-state index in [4.69, 9.17) is 4.74 Å². The molecule has 0 heterocycles. The van der Waals surface area contributed by atoms with E-state index in [-0.39, 0.29) is 18.5 Å².